The highest BCUT2D eigenvalue weighted by Crippen LogP contribution is 2.31. The molecule has 2 aromatic carbocycles. The van der Waals surface area contributed by atoms with Crippen LogP contribution in [0.5, 0.6) is 5.75 Å². The Kier molecular flexibility index (Phi) is 4.84. The predicted octanol–water partition coefficient (Wildman–Crippen LogP) is 2.69. The molecule has 1 aliphatic heterocycles. The van der Waals surface area contributed by atoms with Crippen LogP contribution >= 0.6 is 0 Å². The molecule has 26 heavy (non-hydrogen) atoms. The van der Waals surface area contributed by atoms with Gasteiger partial charge in [0.05, 0.1) is 13.5 Å². The van der Waals surface area contributed by atoms with Crippen LogP contribution in [0.2, 0.25) is 0 Å². The Balaban J connectivity index is 2.08. The van der Waals surface area contributed by atoms with Gasteiger partial charge in [-0.15, -0.1) is 0 Å². The Morgan fingerprint density at radius 2 is 1.81 bits per heavy atom. The van der Waals surface area contributed by atoms with Gasteiger partial charge in [0.2, 0.25) is 0 Å². The molecule has 0 fully saturated rings. The molecule has 1 N–H and O–H groups in total. The van der Waals surface area contributed by atoms with Crippen molar-refractivity contribution >= 4 is 29.4 Å². The summed E-state index contributed by atoms with van der Waals surface area (Å²) in [6.07, 6.45) is 1.38. The van der Waals surface area contributed by atoms with E-state index in [2.05, 4.69) is 0 Å². The molecule has 0 bridgehead atoms. The molecule has 3 rings (SSSR count). The molecule has 1 aliphatic rings. The highest BCUT2D eigenvalue weighted by atomic mass is 16.5. The number of carbonyl (C=O) groups is 3. The summed E-state index contributed by atoms with van der Waals surface area (Å²) in [5, 5.41) is 8.89. The van der Waals surface area contributed by atoms with E-state index in [9.17, 15) is 14.4 Å². The fraction of sp³-hybridized carbons (Fsp3) is 0.150. The number of hydrogen-bond acceptors (Lipinski definition) is 4. The zero-order valence-corrected chi connectivity index (χ0v) is 14.1. The number of hydrogen-bond donors (Lipinski definition) is 1. The molecule has 0 spiro atoms. The molecule has 2 aromatic rings. The van der Waals surface area contributed by atoms with Crippen molar-refractivity contribution in [3.05, 3.63) is 65.2 Å². The summed E-state index contributed by atoms with van der Waals surface area (Å²) in [4.78, 5) is 37.3. The van der Waals surface area contributed by atoms with Gasteiger partial charge in [-0.2, -0.15) is 0 Å². The highest BCUT2D eigenvalue weighted by Gasteiger charge is 2.34. The lowest BCUT2D eigenvalue weighted by molar-refractivity contribution is -0.137. The first kappa shape index (κ1) is 17.4. The first-order valence-corrected chi connectivity index (χ1v) is 8.04. The van der Waals surface area contributed by atoms with Crippen LogP contribution in [-0.4, -0.2) is 41.4 Å². The van der Waals surface area contributed by atoms with Gasteiger partial charge >= 0.3 is 5.97 Å². The first-order valence-electron chi connectivity index (χ1n) is 8.04. The van der Waals surface area contributed by atoms with Crippen LogP contribution in [0.3, 0.4) is 0 Å². The van der Waals surface area contributed by atoms with Crippen LogP contribution in [-0.2, 0) is 9.59 Å². The van der Waals surface area contributed by atoms with E-state index >= 15 is 0 Å². The van der Waals surface area contributed by atoms with E-state index in [4.69, 9.17) is 9.84 Å². The lowest BCUT2D eigenvalue weighted by Gasteiger charge is -2.28. The number of ether oxygens (including phenoxy) is 1. The number of carboxylic acids is 1. The third kappa shape index (κ3) is 3.35. The van der Waals surface area contributed by atoms with Gasteiger partial charge in [-0.1, -0.05) is 30.3 Å². The number of nitrogens with zero attached hydrogens (tertiary/aromatic N) is 1. The van der Waals surface area contributed by atoms with Gasteiger partial charge in [-0.05, 0) is 35.4 Å². The van der Waals surface area contributed by atoms with E-state index in [0.717, 1.165) is 10.5 Å². The van der Waals surface area contributed by atoms with Crippen molar-refractivity contribution < 1.29 is 24.2 Å². The summed E-state index contributed by atoms with van der Waals surface area (Å²) in [5.74, 6) is -1.40. The number of benzene rings is 2. The molecule has 0 atom stereocenters. The molecule has 6 heteroatoms. The number of amides is 2. The van der Waals surface area contributed by atoms with Crippen LogP contribution < -0.4 is 4.74 Å². The van der Waals surface area contributed by atoms with E-state index in [1.165, 1.54) is 0 Å². The molecule has 0 aliphatic carbocycles. The summed E-state index contributed by atoms with van der Waals surface area (Å²) in [6.45, 7) is -0.170. The number of carboxylic acid groups (broad SMARTS) is 1. The maximum Gasteiger partial charge on any atom is 0.305 e. The molecule has 0 aromatic heterocycles. The lowest BCUT2D eigenvalue weighted by Crippen LogP contribution is -2.42. The second kappa shape index (κ2) is 7.23. The van der Waals surface area contributed by atoms with Crippen LogP contribution in [0.25, 0.3) is 11.6 Å². The molecular weight excluding hydrogens is 334 g/mol. The smallest absolute Gasteiger partial charge is 0.305 e. The van der Waals surface area contributed by atoms with Crippen LogP contribution in [0.1, 0.15) is 27.9 Å². The van der Waals surface area contributed by atoms with Gasteiger partial charge in [0.1, 0.15) is 5.75 Å². The largest absolute Gasteiger partial charge is 0.497 e. The fourth-order valence-corrected chi connectivity index (χ4v) is 2.85. The molecule has 0 radical (unpaired) electrons. The molecule has 0 unspecified atom stereocenters. The van der Waals surface area contributed by atoms with E-state index in [-0.39, 0.29) is 13.0 Å². The van der Waals surface area contributed by atoms with Gasteiger partial charge in [0.15, 0.2) is 0 Å². The summed E-state index contributed by atoms with van der Waals surface area (Å²) in [6, 6.07) is 14.0. The number of imide groups is 1. The number of methoxy groups -OCH3 is 1. The molecular formula is C20H17NO5. The number of fused-ring (bicyclic) bond motifs is 1. The van der Waals surface area contributed by atoms with Crippen LogP contribution in [0.15, 0.2) is 48.5 Å². The highest BCUT2D eigenvalue weighted by molar-refractivity contribution is 6.33. The number of aliphatic carboxylic acids is 1. The average molecular weight is 351 g/mol. The second-order valence-electron chi connectivity index (χ2n) is 5.79. The second-order valence-corrected chi connectivity index (χ2v) is 5.79. The average Bonchev–Trinajstić information content (AvgIpc) is 2.65. The molecule has 0 saturated carbocycles. The normalized spacial score (nSPS) is 15.1. The van der Waals surface area contributed by atoms with Gasteiger partial charge in [-0.25, -0.2) is 0 Å². The number of rotatable bonds is 5. The molecule has 0 saturated heterocycles. The fourth-order valence-electron chi connectivity index (χ4n) is 2.85. The Morgan fingerprint density at radius 1 is 1.08 bits per heavy atom. The number of carbonyl (C=O) groups excluding carboxylic acids is 2. The zero-order valence-electron chi connectivity index (χ0n) is 14.1. The standard InChI is InChI=1S/C20H17NO5/c1-26-14-6-4-5-13(11-14)12-17-15-7-2-3-8-16(15)19(24)21(20(17)25)10-9-18(22)23/h2-8,11-12H,9-10H2,1H3,(H,22,23)/b17-12-. The van der Waals surface area contributed by atoms with Crippen molar-refractivity contribution in [1.82, 2.24) is 4.90 Å². The molecule has 6 nitrogen and oxygen atoms in total. The maximum absolute atomic E-state index is 12.9. The maximum atomic E-state index is 12.9. The molecule has 1 heterocycles. The van der Waals surface area contributed by atoms with Crippen molar-refractivity contribution in [3.63, 3.8) is 0 Å². The van der Waals surface area contributed by atoms with Crippen molar-refractivity contribution in [2.45, 2.75) is 6.42 Å². The van der Waals surface area contributed by atoms with Crippen molar-refractivity contribution in [3.8, 4) is 5.75 Å². The first-order chi connectivity index (χ1) is 12.5. The Labute approximate surface area is 150 Å². The van der Waals surface area contributed by atoms with Gasteiger partial charge in [0.25, 0.3) is 11.8 Å². The Hall–Kier alpha value is -3.41. The monoisotopic (exact) mass is 351 g/mol. The van der Waals surface area contributed by atoms with Gasteiger partial charge in [-0.3, -0.25) is 19.3 Å². The molecule has 2 amide bonds. The van der Waals surface area contributed by atoms with Gasteiger partial charge < -0.3 is 9.84 Å². The van der Waals surface area contributed by atoms with E-state index in [1.807, 2.05) is 6.07 Å². The van der Waals surface area contributed by atoms with Crippen molar-refractivity contribution in [2.24, 2.45) is 0 Å². The summed E-state index contributed by atoms with van der Waals surface area (Å²) >= 11 is 0. The summed E-state index contributed by atoms with van der Waals surface area (Å²) < 4.78 is 5.20. The van der Waals surface area contributed by atoms with E-state index in [1.54, 1.807) is 55.7 Å². The zero-order chi connectivity index (χ0) is 18.7. The van der Waals surface area contributed by atoms with E-state index < -0.39 is 17.8 Å². The summed E-state index contributed by atoms with van der Waals surface area (Å²) in [5.41, 5.74) is 2.01. The van der Waals surface area contributed by atoms with Crippen molar-refractivity contribution in [2.75, 3.05) is 13.7 Å². The minimum atomic E-state index is -1.07. The third-order valence-corrected chi connectivity index (χ3v) is 4.12. The Bertz CT molecular complexity index is 916. The van der Waals surface area contributed by atoms with Crippen molar-refractivity contribution in [1.29, 1.82) is 0 Å². The lowest BCUT2D eigenvalue weighted by atomic mass is 9.92. The quantitative estimate of drug-likeness (QED) is 0.661. The predicted molar refractivity (Wildman–Crippen MR) is 95.6 cm³/mol. The molecule has 132 valence electrons. The van der Waals surface area contributed by atoms with Crippen LogP contribution in [0.4, 0.5) is 0 Å². The van der Waals surface area contributed by atoms with Gasteiger partial charge in [0, 0.05) is 17.7 Å². The topological polar surface area (TPSA) is 83.9 Å². The Morgan fingerprint density at radius 3 is 2.50 bits per heavy atom. The SMILES string of the molecule is COc1cccc(/C=C2\C(=O)N(CCC(=O)O)C(=O)c3ccccc32)c1. The third-order valence-electron chi connectivity index (χ3n) is 4.12. The summed E-state index contributed by atoms with van der Waals surface area (Å²) in [7, 11) is 1.56. The van der Waals surface area contributed by atoms with Crippen LogP contribution in [0, 0.1) is 0 Å². The van der Waals surface area contributed by atoms with E-state index in [0.29, 0.717) is 22.4 Å². The minimum Gasteiger partial charge on any atom is -0.497 e. The minimum absolute atomic E-state index is 0.170.